The summed E-state index contributed by atoms with van der Waals surface area (Å²) in [5.74, 6) is 0.955. The molecular formula is C4H8N2S2. The summed E-state index contributed by atoms with van der Waals surface area (Å²) in [5, 5.41) is 0. The number of nitrogens with two attached hydrogens (primary N) is 1. The number of aliphatic imine (C=N–C) groups is 1. The number of hydrogen-bond donors (Lipinski definition) is 1. The summed E-state index contributed by atoms with van der Waals surface area (Å²) in [6.45, 7) is 0. The Labute approximate surface area is 57.3 Å². The van der Waals surface area contributed by atoms with Crippen LogP contribution in [0, 0.1) is 0 Å². The number of hydrogen-bond acceptors (Lipinski definition) is 4. The third-order valence-electron chi connectivity index (χ3n) is 0.823. The van der Waals surface area contributed by atoms with Crippen molar-refractivity contribution >= 4 is 27.9 Å². The molecule has 0 saturated heterocycles. The fourth-order valence-corrected chi connectivity index (χ4v) is 1.99. The molecule has 2 nitrogen and oxygen atoms in total. The molecule has 1 aliphatic rings. The molecule has 8 heavy (non-hydrogen) atoms. The third-order valence-corrected chi connectivity index (χ3v) is 2.99. The Hall–Kier alpha value is 0.330. The molecule has 1 rings (SSSR count). The van der Waals surface area contributed by atoms with E-state index in [9.17, 15) is 0 Å². The van der Waals surface area contributed by atoms with Gasteiger partial charge in [0.15, 0.2) is 0 Å². The standard InChI is InChI=1S/C4H8N2S2/c1-7-4-6-3(5)2-8-4/h3H,2,5H2,1H3. The molecule has 0 bridgehead atoms. The zero-order chi connectivity index (χ0) is 5.98. The second-order valence-corrected chi connectivity index (χ2v) is 3.54. The predicted molar refractivity (Wildman–Crippen MR) is 41.4 cm³/mol. The SMILES string of the molecule is CSC1=NC(N)CS1. The molecule has 4 heteroatoms. The Morgan fingerprint density at radius 1 is 2.00 bits per heavy atom. The van der Waals surface area contributed by atoms with Crippen molar-refractivity contribution in [2.45, 2.75) is 6.17 Å². The van der Waals surface area contributed by atoms with Crippen LogP contribution in [0.25, 0.3) is 0 Å². The van der Waals surface area contributed by atoms with E-state index in [1.807, 2.05) is 6.26 Å². The van der Waals surface area contributed by atoms with Gasteiger partial charge >= 0.3 is 0 Å². The van der Waals surface area contributed by atoms with Crippen molar-refractivity contribution in [1.82, 2.24) is 0 Å². The quantitative estimate of drug-likeness (QED) is 0.550. The van der Waals surface area contributed by atoms with Gasteiger partial charge in [0, 0.05) is 5.75 Å². The maximum atomic E-state index is 5.48. The molecule has 0 aromatic heterocycles. The van der Waals surface area contributed by atoms with Crippen LogP contribution in [-0.4, -0.2) is 22.6 Å². The Bertz CT molecular complexity index is 113. The van der Waals surface area contributed by atoms with Crippen LogP contribution >= 0.6 is 23.5 Å². The lowest BCUT2D eigenvalue weighted by atomic mass is 10.6. The molecule has 1 unspecified atom stereocenters. The number of nitrogens with zero attached hydrogens (tertiary/aromatic N) is 1. The zero-order valence-corrected chi connectivity index (χ0v) is 6.26. The van der Waals surface area contributed by atoms with Gasteiger partial charge in [0.05, 0.1) is 0 Å². The molecule has 0 amide bonds. The molecular weight excluding hydrogens is 140 g/mol. The summed E-state index contributed by atoms with van der Waals surface area (Å²) in [6.07, 6.45) is 2.08. The van der Waals surface area contributed by atoms with E-state index in [0.29, 0.717) is 0 Å². The molecule has 0 saturated carbocycles. The van der Waals surface area contributed by atoms with E-state index in [4.69, 9.17) is 5.73 Å². The fraction of sp³-hybridized carbons (Fsp3) is 0.750. The molecule has 1 aliphatic heterocycles. The lowest BCUT2D eigenvalue weighted by molar-refractivity contribution is 0.821. The average molecular weight is 148 g/mol. The molecule has 0 radical (unpaired) electrons. The van der Waals surface area contributed by atoms with Gasteiger partial charge in [0.2, 0.25) is 0 Å². The minimum absolute atomic E-state index is 0.0578. The summed E-state index contributed by atoms with van der Waals surface area (Å²) in [7, 11) is 0. The molecule has 0 aromatic carbocycles. The Morgan fingerprint density at radius 3 is 3.00 bits per heavy atom. The van der Waals surface area contributed by atoms with Crippen molar-refractivity contribution in [2.75, 3.05) is 12.0 Å². The normalized spacial score (nSPS) is 28.2. The average Bonchev–Trinajstić information content (AvgIpc) is 2.14. The van der Waals surface area contributed by atoms with E-state index in [1.165, 1.54) is 0 Å². The van der Waals surface area contributed by atoms with E-state index >= 15 is 0 Å². The molecule has 0 aromatic rings. The molecule has 46 valence electrons. The van der Waals surface area contributed by atoms with E-state index in [2.05, 4.69) is 4.99 Å². The number of thioether (sulfide) groups is 2. The summed E-state index contributed by atoms with van der Waals surface area (Å²) < 4.78 is 1.12. The van der Waals surface area contributed by atoms with E-state index < -0.39 is 0 Å². The lowest BCUT2D eigenvalue weighted by Crippen LogP contribution is -2.15. The lowest BCUT2D eigenvalue weighted by Gasteiger charge is -1.88. The monoisotopic (exact) mass is 148 g/mol. The molecule has 0 spiro atoms. The van der Waals surface area contributed by atoms with Gasteiger partial charge in [-0.1, -0.05) is 11.8 Å². The zero-order valence-electron chi connectivity index (χ0n) is 4.63. The second-order valence-electron chi connectivity index (χ2n) is 1.48. The van der Waals surface area contributed by atoms with Crippen LogP contribution in [0.2, 0.25) is 0 Å². The molecule has 0 aliphatic carbocycles. The minimum Gasteiger partial charge on any atom is -0.309 e. The van der Waals surface area contributed by atoms with Crippen molar-refractivity contribution in [1.29, 1.82) is 0 Å². The summed E-state index contributed by atoms with van der Waals surface area (Å²) in [5.41, 5.74) is 5.48. The minimum atomic E-state index is 0.0578. The summed E-state index contributed by atoms with van der Waals surface area (Å²) >= 11 is 3.41. The van der Waals surface area contributed by atoms with Crippen molar-refractivity contribution in [3.05, 3.63) is 0 Å². The van der Waals surface area contributed by atoms with Crippen LogP contribution in [0.5, 0.6) is 0 Å². The van der Waals surface area contributed by atoms with Gasteiger partial charge in [0.1, 0.15) is 10.5 Å². The van der Waals surface area contributed by atoms with Crippen LogP contribution in [0.4, 0.5) is 0 Å². The van der Waals surface area contributed by atoms with Crippen LogP contribution in [0.15, 0.2) is 4.99 Å². The molecule has 0 fully saturated rings. The highest BCUT2D eigenvalue weighted by Gasteiger charge is 2.11. The van der Waals surface area contributed by atoms with Gasteiger partial charge < -0.3 is 5.73 Å². The van der Waals surface area contributed by atoms with Gasteiger partial charge in [-0.3, -0.25) is 4.99 Å². The van der Waals surface area contributed by atoms with Crippen LogP contribution in [0.3, 0.4) is 0 Å². The Morgan fingerprint density at radius 2 is 2.75 bits per heavy atom. The van der Waals surface area contributed by atoms with Crippen molar-refractivity contribution in [3.63, 3.8) is 0 Å². The first-order valence-electron chi connectivity index (χ1n) is 2.33. The number of rotatable bonds is 0. The van der Waals surface area contributed by atoms with Crippen molar-refractivity contribution in [2.24, 2.45) is 10.7 Å². The van der Waals surface area contributed by atoms with Gasteiger partial charge in [-0.2, -0.15) is 0 Å². The Kier molecular flexibility index (Phi) is 2.22. The first kappa shape index (κ1) is 6.45. The van der Waals surface area contributed by atoms with Crippen molar-refractivity contribution < 1.29 is 0 Å². The maximum Gasteiger partial charge on any atom is 0.126 e. The van der Waals surface area contributed by atoms with Crippen molar-refractivity contribution in [3.8, 4) is 0 Å². The van der Waals surface area contributed by atoms with Gasteiger partial charge in [-0.25, -0.2) is 0 Å². The highest BCUT2D eigenvalue weighted by Crippen LogP contribution is 2.21. The van der Waals surface area contributed by atoms with Gasteiger partial charge in [-0.15, -0.1) is 11.8 Å². The fourth-order valence-electron chi connectivity index (χ4n) is 0.478. The van der Waals surface area contributed by atoms with E-state index in [0.717, 1.165) is 10.1 Å². The smallest absolute Gasteiger partial charge is 0.126 e. The third kappa shape index (κ3) is 1.40. The molecule has 2 N–H and O–H groups in total. The highest BCUT2D eigenvalue weighted by atomic mass is 32.2. The highest BCUT2D eigenvalue weighted by molar-refractivity contribution is 8.38. The first-order valence-corrected chi connectivity index (χ1v) is 4.54. The maximum absolute atomic E-state index is 5.48. The van der Waals surface area contributed by atoms with Gasteiger partial charge in [0.25, 0.3) is 0 Å². The largest absolute Gasteiger partial charge is 0.309 e. The van der Waals surface area contributed by atoms with Crippen LogP contribution in [0.1, 0.15) is 0 Å². The molecule has 1 atom stereocenters. The predicted octanol–water partition coefficient (Wildman–Crippen LogP) is 0.737. The first-order chi connectivity index (χ1) is 3.83. The van der Waals surface area contributed by atoms with Crippen LogP contribution < -0.4 is 5.73 Å². The van der Waals surface area contributed by atoms with Gasteiger partial charge in [-0.05, 0) is 6.26 Å². The Balaban J connectivity index is 2.44. The molecule has 1 heterocycles. The van der Waals surface area contributed by atoms with E-state index in [1.54, 1.807) is 23.5 Å². The topological polar surface area (TPSA) is 38.4 Å². The summed E-state index contributed by atoms with van der Waals surface area (Å²) in [6, 6.07) is 0. The van der Waals surface area contributed by atoms with E-state index in [-0.39, 0.29) is 6.17 Å². The summed E-state index contributed by atoms with van der Waals surface area (Å²) in [4.78, 5) is 4.13. The van der Waals surface area contributed by atoms with Crippen LogP contribution in [-0.2, 0) is 0 Å². The second kappa shape index (κ2) is 2.75.